The van der Waals surface area contributed by atoms with E-state index in [-0.39, 0.29) is 0 Å². The number of nitrogens with one attached hydrogen (secondary N) is 1. The molecular weight excluding hydrogens is 236 g/mol. The van der Waals surface area contributed by atoms with Crippen LogP contribution in [0.5, 0.6) is 5.75 Å². The Morgan fingerprint density at radius 2 is 1.79 bits per heavy atom. The summed E-state index contributed by atoms with van der Waals surface area (Å²) < 4.78 is 5.24. The van der Waals surface area contributed by atoms with Gasteiger partial charge in [0.05, 0.1) is 7.11 Å². The van der Waals surface area contributed by atoms with Crippen molar-refractivity contribution >= 4 is 0 Å². The van der Waals surface area contributed by atoms with Crippen molar-refractivity contribution in [1.82, 2.24) is 10.2 Å². The minimum Gasteiger partial charge on any atom is -0.497 e. The minimum absolute atomic E-state index is 0.482. The molecule has 1 aromatic rings. The summed E-state index contributed by atoms with van der Waals surface area (Å²) in [5.74, 6) is 0.931. The first-order valence-corrected chi connectivity index (χ1v) is 7.32. The summed E-state index contributed by atoms with van der Waals surface area (Å²) in [6.07, 6.45) is 2.66. The van der Waals surface area contributed by atoms with Gasteiger partial charge in [-0.2, -0.15) is 0 Å². The van der Waals surface area contributed by atoms with E-state index in [2.05, 4.69) is 48.3 Å². The number of rotatable bonds is 6. The molecule has 0 spiro atoms. The Morgan fingerprint density at radius 1 is 1.16 bits per heavy atom. The van der Waals surface area contributed by atoms with Gasteiger partial charge >= 0.3 is 0 Å². The molecule has 1 atom stereocenters. The first kappa shape index (κ1) is 14.4. The van der Waals surface area contributed by atoms with Gasteiger partial charge in [-0.05, 0) is 43.6 Å². The molecule has 1 heterocycles. The zero-order valence-electron chi connectivity index (χ0n) is 12.4. The lowest BCUT2D eigenvalue weighted by molar-refractivity contribution is 0.235. The molecule has 1 aliphatic heterocycles. The summed E-state index contributed by atoms with van der Waals surface area (Å²) in [6, 6.07) is 9.54. The van der Waals surface area contributed by atoms with Crippen molar-refractivity contribution in [1.29, 1.82) is 0 Å². The molecule has 1 fully saturated rings. The van der Waals surface area contributed by atoms with Gasteiger partial charge in [0.15, 0.2) is 0 Å². The fourth-order valence-corrected chi connectivity index (χ4v) is 2.68. The predicted octanol–water partition coefficient (Wildman–Crippen LogP) is 2.83. The average Bonchev–Trinajstić information content (AvgIpc) is 2.93. The van der Waals surface area contributed by atoms with Gasteiger partial charge in [0, 0.05) is 18.6 Å². The van der Waals surface area contributed by atoms with Gasteiger partial charge in [0.2, 0.25) is 0 Å². The SMILES string of the molecule is COc1ccc(C(CNC(C)C)N2CCCC2)cc1. The zero-order valence-corrected chi connectivity index (χ0v) is 12.4. The number of nitrogens with zero attached hydrogens (tertiary/aromatic N) is 1. The van der Waals surface area contributed by atoms with Gasteiger partial charge in [-0.25, -0.2) is 0 Å². The summed E-state index contributed by atoms with van der Waals surface area (Å²) in [6.45, 7) is 7.86. The first-order chi connectivity index (χ1) is 9.20. The van der Waals surface area contributed by atoms with Gasteiger partial charge in [-0.1, -0.05) is 26.0 Å². The maximum absolute atomic E-state index is 5.24. The Balaban J connectivity index is 2.09. The maximum atomic E-state index is 5.24. The van der Waals surface area contributed by atoms with Crippen LogP contribution in [0.3, 0.4) is 0 Å². The topological polar surface area (TPSA) is 24.5 Å². The predicted molar refractivity (Wildman–Crippen MR) is 79.7 cm³/mol. The molecule has 1 aromatic carbocycles. The summed E-state index contributed by atoms with van der Waals surface area (Å²) in [7, 11) is 1.72. The molecule has 1 aliphatic rings. The smallest absolute Gasteiger partial charge is 0.118 e. The highest BCUT2D eigenvalue weighted by atomic mass is 16.5. The van der Waals surface area contributed by atoms with Crippen molar-refractivity contribution in [2.75, 3.05) is 26.7 Å². The lowest BCUT2D eigenvalue weighted by atomic mass is 10.0. The van der Waals surface area contributed by atoms with Crippen LogP contribution in [0.2, 0.25) is 0 Å². The van der Waals surface area contributed by atoms with Gasteiger partial charge in [-0.15, -0.1) is 0 Å². The lowest BCUT2D eigenvalue weighted by Crippen LogP contribution is -2.36. The quantitative estimate of drug-likeness (QED) is 0.853. The monoisotopic (exact) mass is 262 g/mol. The average molecular weight is 262 g/mol. The van der Waals surface area contributed by atoms with Crippen molar-refractivity contribution in [3.05, 3.63) is 29.8 Å². The van der Waals surface area contributed by atoms with E-state index in [4.69, 9.17) is 4.74 Å². The molecule has 0 radical (unpaired) electrons. The van der Waals surface area contributed by atoms with Crippen molar-refractivity contribution in [2.24, 2.45) is 0 Å². The minimum atomic E-state index is 0.482. The van der Waals surface area contributed by atoms with Gasteiger partial charge in [0.1, 0.15) is 5.75 Å². The number of likely N-dealkylation sites (tertiary alicyclic amines) is 1. The van der Waals surface area contributed by atoms with E-state index in [1.54, 1.807) is 7.11 Å². The Hall–Kier alpha value is -1.06. The van der Waals surface area contributed by atoms with Crippen molar-refractivity contribution in [3.63, 3.8) is 0 Å². The van der Waals surface area contributed by atoms with Crippen LogP contribution in [0.1, 0.15) is 38.3 Å². The van der Waals surface area contributed by atoms with Crippen LogP contribution in [-0.4, -0.2) is 37.7 Å². The third-order valence-corrected chi connectivity index (χ3v) is 3.80. The van der Waals surface area contributed by atoms with Crippen LogP contribution >= 0.6 is 0 Å². The van der Waals surface area contributed by atoms with Gasteiger partial charge < -0.3 is 10.1 Å². The molecule has 19 heavy (non-hydrogen) atoms. The highest BCUT2D eigenvalue weighted by molar-refractivity contribution is 5.29. The molecule has 0 aromatic heterocycles. The van der Waals surface area contributed by atoms with Crippen LogP contribution < -0.4 is 10.1 Å². The summed E-state index contributed by atoms with van der Waals surface area (Å²) in [4.78, 5) is 2.59. The first-order valence-electron chi connectivity index (χ1n) is 7.32. The number of methoxy groups -OCH3 is 1. The molecule has 1 saturated heterocycles. The van der Waals surface area contributed by atoms with E-state index >= 15 is 0 Å². The standard InChI is InChI=1S/C16H26N2O/c1-13(2)17-12-16(18-10-4-5-11-18)14-6-8-15(19-3)9-7-14/h6-9,13,16-17H,4-5,10-12H2,1-3H3. The van der Waals surface area contributed by atoms with E-state index in [1.165, 1.54) is 31.5 Å². The molecule has 2 rings (SSSR count). The number of hydrogen-bond donors (Lipinski definition) is 1. The fourth-order valence-electron chi connectivity index (χ4n) is 2.68. The highest BCUT2D eigenvalue weighted by Gasteiger charge is 2.23. The van der Waals surface area contributed by atoms with E-state index in [0.29, 0.717) is 12.1 Å². The molecule has 0 amide bonds. The Kier molecular flexibility index (Phi) is 5.23. The Morgan fingerprint density at radius 3 is 2.32 bits per heavy atom. The summed E-state index contributed by atoms with van der Waals surface area (Å²) in [5, 5.41) is 3.58. The molecule has 0 saturated carbocycles. The third kappa shape index (κ3) is 3.95. The molecule has 1 N–H and O–H groups in total. The van der Waals surface area contributed by atoms with Gasteiger partial charge in [-0.3, -0.25) is 4.90 Å². The normalized spacial score (nSPS) is 17.9. The summed E-state index contributed by atoms with van der Waals surface area (Å²) >= 11 is 0. The second-order valence-corrected chi connectivity index (χ2v) is 5.59. The second-order valence-electron chi connectivity index (χ2n) is 5.59. The molecule has 0 bridgehead atoms. The zero-order chi connectivity index (χ0) is 13.7. The lowest BCUT2D eigenvalue weighted by Gasteiger charge is -2.29. The number of benzene rings is 1. The summed E-state index contributed by atoms with van der Waals surface area (Å²) in [5.41, 5.74) is 1.39. The molecule has 3 heteroatoms. The van der Waals surface area contributed by atoms with Crippen molar-refractivity contribution in [2.45, 2.75) is 38.8 Å². The van der Waals surface area contributed by atoms with Crippen molar-refractivity contribution < 1.29 is 4.74 Å². The molecular formula is C16H26N2O. The molecule has 0 aliphatic carbocycles. The van der Waals surface area contributed by atoms with E-state index in [0.717, 1.165) is 12.3 Å². The second kappa shape index (κ2) is 6.92. The van der Waals surface area contributed by atoms with E-state index < -0.39 is 0 Å². The maximum Gasteiger partial charge on any atom is 0.118 e. The largest absolute Gasteiger partial charge is 0.497 e. The Bertz CT molecular complexity index is 369. The highest BCUT2D eigenvalue weighted by Crippen LogP contribution is 2.26. The van der Waals surface area contributed by atoms with E-state index in [9.17, 15) is 0 Å². The number of hydrogen-bond acceptors (Lipinski definition) is 3. The van der Waals surface area contributed by atoms with Crippen LogP contribution in [0, 0.1) is 0 Å². The number of ether oxygens (including phenoxy) is 1. The Labute approximate surface area is 116 Å². The van der Waals surface area contributed by atoms with Crippen LogP contribution in [0.25, 0.3) is 0 Å². The molecule has 3 nitrogen and oxygen atoms in total. The third-order valence-electron chi connectivity index (χ3n) is 3.80. The fraction of sp³-hybridized carbons (Fsp3) is 0.625. The molecule has 106 valence electrons. The van der Waals surface area contributed by atoms with E-state index in [1.807, 2.05) is 0 Å². The van der Waals surface area contributed by atoms with Gasteiger partial charge in [0.25, 0.3) is 0 Å². The van der Waals surface area contributed by atoms with Crippen molar-refractivity contribution in [3.8, 4) is 5.75 Å². The van der Waals surface area contributed by atoms with Crippen LogP contribution in [0.15, 0.2) is 24.3 Å². The molecule has 1 unspecified atom stereocenters. The van der Waals surface area contributed by atoms with Crippen LogP contribution in [-0.2, 0) is 0 Å². The van der Waals surface area contributed by atoms with Crippen LogP contribution in [0.4, 0.5) is 0 Å².